The molecule has 0 N–H and O–H groups in total. The zero-order valence-electron chi connectivity index (χ0n) is 16.9. The van der Waals surface area contributed by atoms with Gasteiger partial charge in [-0.2, -0.15) is 0 Å². The Morgan fingerprint density at radius 2 is 1.65 bits per heavy atom. The van der Waals surface area contributed by atoms with Gasteiger partial charge < -0.3 is 9.32 Å². The molecule has 2 heterocycles. The summed E-state index contributed by atoms with van der Waals surface area (Å²) in [6.07, 6.45) is 0. The van der Waals surface area contributed by atoms with Crippen molar-refractivity contribution in [2.24, 2.45) is 0 Å². The fourth-order valence-corrected chi connectivity index (χ4v) is 4.94. The summed E-state index contributed by atoms with van der Waals surface area (Å²) in [6, 6.07) is 21.4. The number of thiazole rings is 1. The van der Waals surface area contributed by atoms with Crippen molar-refractivity contribution in [3.05, 3.63) is 77.0 Å². The molecule has 31 heavy (non-hydrogen) atoms. The van der Waals surface area contributed by atoms with Crippen LogP contribution in [0.4, 0.5) is 5.69 Å². The molecule has 5 nitrogen and oxygen atoms in total. The van der Waals surface area contributed by atoms with Crippen LogP contribution in [-0.4, -0.2) is 24.1 Å². The van der Waals surface area contributed by atoms with Gasteiger partial charge in [0.25, 0.3) is 0 Å². The van der Waals surface area contributed by atoms with Crippen LogP contribution in [0.25, 0.3) is 54.1 Å². The highest BCUT2D eigenvalue weighted by Gasteiger charge is 2.25. The maximum Gasteiger partial charge on any atom is 0.200 e. The minimum atomic E-state index is -0.0872. The first-order valence-corrected chi connectivity index (χ1v) is 10.7. The van der Waals surface area contributed by atoms with E-state index in [4.69, 9.17) is 14.4 Å². The maximum atomic E-state index is 13.6. The Morgan fingerprint density at radius 1 is 0.871 bits per heavy atom. The molecule has 1 aliphatic heterocycles. The van der Waals surface area contributed by atoms with E-state index in [1.165, 1.54) is 11.3 Å². The molecule has 6 heteroatoms. The van der Waals surface area contributed by atoms with Gasteiger partial charge in [-0.1, -0.05) is 36.4 Å². The summed E-state index contributed by atoms with van der Waals surface area (Å²) in [7, 11) is 3.96. The summed E-state index contributed by atoms with van der Waals surface area (Å²) in [5.41, 5.74) is 4.31. The van der Waals surface area contributed by atoms with Crippen molar-refractivity contribution in [1.29, 1.82) is 0 Å². The van der Waals surface area contributed by atoms with Crippen LogP contribution in [0.15, 0.2) is 75.9 Å². The third kappa shape index (κ3) is 2.72. The molecule has 0 fully saturated rings. The predicted molar refractivity (Wildman–Crippen MR) is 127 cm³/mol. The highest BCUT2D eigenvalue weighted by atomic mass is 32.1. The van der Waals surface area contributed by atoms with E-state index in [2.05, 4.69) is 0 Å². The van der Waals surface area contributed by atoms with E-state index in [-0.39, 0.29) is 5.43 Å². The lowest BCUT2D eigenvalue weighted by Gasteiger charge is -2.15. The Bertz CT molecular complexity index is 1620. The van der Waals surface area contributed by atoms with Gasteiger partial charge in [-0.05, 0) is 24.3 Å². The van der Waals surface area contributed by atoms with Crippen LogP contribution < -0.4 is 10.3 Å². The average Bonchev–Trinajstić information content (AvgIpc) is 3.21. The van der Waals surface area contributed by atoms with Crippen molar-refractivity contribution in [2.45, 2.75) is 0 Å². The molecule has 0 spiro atoms. The second-order valence-electron chi connectivity index (χ2n) is 7.67. The Labute approximate surface area is 181 Å². The number of anilines is 1. The zero-order chi connectivity index (χ0) is 21.1. The highest BCUT2D eigenvalue weighted by Crippen LogP contribution is 2.40. The average molecular weight is 423 g/mol. The first-order chi connectivity index (χ1) is 15.1. The van der Waals surface area contributed by atoms with Crippen molar-refractivity contribution in [2.75, 3.05) is 19.0 Å². The first kappa shape index (κ1) is 18.0. The number of aromatic nitrogens is 2. The van der Waals surface area contributed by atoms with Crippen molar-refractivity contribution in [3.63, 3.8) is 0 Å². The van der Waals surface area contributed by atoms with E-state index >= 15 is 0 Å². The second-order valence-corrected chi connectivity index (χ2v) is 8.71. The molecular formula is C25H17N3O2S. The van der Waals surface area contributed by atoms with Gasteiger partial charge in [-0.25, -0.2) is 9.97 Å². The lowest BCUT2D eigenvalue weighted by molar-refractivity contribution is 0.615. The summed E-state index contributed by atoms with van der Waals surface area (Å²) in [6.45, 7) is 0. The Morgan fingerprint density at radius 3 is 2.45 bits per heavy atom. The van der Waals surface area contributed by atoms with Gasteiger partial charge in [0.2, 0.25) is 5.43 Å². The molecule has 0 amide bonds. The van der Waals surface area contributed by atoms with Gasteiger partial charge in [0.1, 0.15) is 21.8 Å². The lowest BCUT2D eigenvalue weighted by atomic mass is 9.99. The highest BCUT2D eigenvalue weighted by molar-refractivity contribution is 7.21. The topological polar surface area (TPSA) is 59.2 Å². The molecule has 0 atom stereocenters. The number of fused-ring (bicyclic) bond motifs is 5. The molecule has 0 radical (unpaired) electrons. The molecule has 2 aliphatic rings. The van der Waals surface area contributed by atoms with Gasteiger partial charge in [-0.15, -0.1) is 11.3 Å². The number of benzene rings is 4. The van der Waals surface area contributed by atoms with Crippen LogP contribution in [0.2, 0.25) is 0 Å². The summed E-state index contributed by atoms with van der Waals surface area (Å²) in [5, 5.41) is 2.06. The molecule has 1 aromatic heterocycles. The molecule has 0 bridgehead atoms. The smallest absolute Gasteiger partial charge is 0.200 e. The monoisotopic (exact) mass is 423 g/mol. The summed E-state index contributed by atoms with van der Waals surface area (Å²) in [4.78, 5) is 25.3. The van der Waals surface area contributed by atoms with Crippen molar-refractivity contribution in [1.82, 2.24) is 9.97 Å². The normalized spacial score (nSPS) is 11.7. The van der Waals surface area contributed by atoms with Gasteiger partial charge >= 0.3 is 0 Å². The SMILES string of the molecule is CN(C)c1ccc2nc3c4ccccc4c(=O)c(-c4nc5ccccc5s4)c-3oc2c1. The van der Waals surface area contributed by atoms with Crippen LogP contribution in [0.3, 0.4) is 0 Å². The number of para-hydroxylation sites is 1. The first-order valence-electron chi connectivity index (χ1n) is 9.93. The van der Waals surface area contributed by atoms with Crippen LogP contribution >= 0.6 is 11.3 Å². The summed E-state index contributed by atoms with van der Waals surface area (Å²) in [5.74, 6) is 0.478. The molecule has 150 valence electrons. The largest absolute Gasteiger partial charge is 0.452 e. The van der Waals surface area contributed by atoms with E-state index in [0.29, 0.717) is 33.0 Å². The van der Waals surface area contributed by atoms with E-state index < -0.39 is 0 Å². The molecule has 0 saturated carbocycles. The van der Waals surface area contributed by atoms with Gasteiger partial charge in [0, 0.05) is 36.6 Å². The van der Waals surface area contributed by atoms with Crippen molar-refractivity contribution < 1.29 is 4.42 Å². The minimum absolute atomic E-state index is 0.0872. The Balaban J connectivity index is 1.78. The van der Waals surface area contributed by atoms with Crippen LogP contribution in [0.1, 0.15) is 0 Å². The molecule has 6 rings (SSSR count). The lowest BCUT2D eigenvalue weighted by Crippen LogP contribution is -2.10. The number of nitrogens with zero attached hydrogens (tertiary/aromatic N) is 3. The van der Waals surface area contributed by atoms with Gasteiger partial charge in [-0.3, -0.25) is 4.79 Å². The molecular weight excluding hydrogens is 406 g/mol. The molecule has 3 aromatic carbocycles. The Kier molecular flexibility index (Phi) is 3.85. The van der Waals surface area contributed by atoms with Crippen molar-refractivity contribution >= 4 is 49.1 Å². The summed E-state index contributed by atoms with van der Waals surface area (Å²) >= 11 is 1.49. The van der Waals surface area contributed by atoms with Gasteiger partial charge in [0.05, 0.1) is 10.2 Å². The van der Waals surface area contributed by atoms with E-state index in [9.17, 15) is 4.79 Å². The molecule has 0 unspecified atom stereocenters. The van der Waals surface area contributed by atoms with Crippen LogP contribution in [0, 0.1) is 0 Å². The third-order valence-electron chi connectivity index (χ3n) is 5.51. The maximum absolute atomic E-state index is 13.6. The quantitative estimate of drug-likeness (QED) is 0.261. The van der Waals surface area contributed by atoms with E-state index in [0.717, 1.165) is 26.8 Å². The van der Waals surface area contributed by atoms with E-state index in [1.54, 1.807) is 0 Å². The minimum Gasteiger partial charge on any atom is -0.452 e. The summed E-state index contributed by atoms with van der Waals surface area (Å²) < 4.78 is 7.41. The predicted octanol–water partition coefficient (Wildman–Crippen LogP) is 5.79. The standard InChI is InChI=1S/C25H17N3O2S/c1-28(2)14-11-12-17-19(13-14)30-24-21(25-27-18-9-5-6-10-20(18)31-25)23(29)16-8-4-3-7-15(16)22(24)26-17/h3-13H,1-2H3. The number of hydrogen-bond acceptors (Lipinski definition) is 6. The number of rotatable bonds is 2. The fraction of sp³-hybridized carbons (Fsp3) is 0.0800. The molecule has 1 aliphatic carbocycles. The fourth-order valence-electron chi connectivity index (χ4n) is 3.94. The van der Waals surface area contributed by atoms with Crippen LogP contribution in [0.5, 0.6) is 0 Å². The van der Waals surface area contributed by atoms with Gasteiger partial charge in [0.15, 0.2) is 11.3 Å². The second kappa shape index (κ2) is 6.62. The molecule has 4 aromatic rings. The molecule has 0 saturated heterocycles. The third-order valence-corrected chi connectivity index (χ3v) is 6.56. The van der Waals surface area contributed by atoms with E-state index in [1.807, 2.05) is 85.7 Å². The number of hydrogen-bond donors (Lipinski definition) is 0. The van der Waals surface area contributed by atoms with Crippen LogP contribution in [-0.2, 0) is 0 Å². The van der Waals surface area contributed by atoms with Crippen molar-refractivity contribution in [3.8, 4) is 22.0 Å². The zero-order valence-corrected chi connectivity index (χ0v) is 17.7. The Hall–Kier alpha value is -3.77.